The fraction of sp³-hybridized carbons (Fsp3) is 0.818. The second-order valence-electron chi connectivity index (χ2n) is 4.73. The molecule has 1 atom stereocenters. The molecule has 1 aliphatic heterocycles. The fourth-order valence-electron chi connectivity index (χ4n) is 1.87. The molecule has 1 aromatic rings. The van der Waals surface area contributed by atoms with E-state index in [4.69, 9.17) is 15.0 Å². The first-order chi connectivity index (χ1) is 7.62. The summed E-state index contributed by atoms with van der Waals surface area (Å²) in [7, 11) is 0. The SMILES string of the molecule is CC(C)c1nc(C2(N)CCCOCC2)no1. The molecule has 0 amide bonds. The average molecular weight is 225 g/mol. The smallest absolute Gasteiger partial charge is 0.229 e. The van der Waals surface area contributed by atoms with Gasteiger partial charge in [-0.1, -0.05) is 19.0 Å². The number of rotatable bonds is 2. The predicted molar refractivity (Wildman–Crippen MR) is 58.9 cm³/mol. The summed E-state index contributed by atoms with van der Waals surface area (Å²) < 4.78 is 10.6. The van der Waals surface area contributed by atoms with Gasteiger partial charge in [0.25, 0.3) is 0 Å². The molecule has 2 heterocycles. The van der Waals surface area contributed by atoms with Crippen LogP contribution >= 0.6 is 0 Å². The van der Waals surface area contributed by atoms with Gasteiger partial charge in [0.2, 0.25) is 5.89 Å². The fourth-order valence-corrected chi connectivity index (χ4v) is 1.87. The van der Waals surface area contributed by atoms with Crippen LogP contribution in [-0.4, -0.2) is 23.4 Å². The number of nitrogens with two attached hydrogens (primary N) is 1. The highest BCUT2D eigenvalue weighted by atomic mass is 16.5. The van der Waals surface area contributed by atoms with E-state index < -0.39 is 5.54 Å². The Labute approximate surface area is 95.3 Å². The van der Waals surface area contributed by atoms with Crippen molar-refractivity contribution >= 4 is 0 Å². The van der Waals surface area contributed by atoms with Crippen molar-refractivity contribution in [1.82, 2.24) is 10.1 Å². The molecule has 0 aliphatic carbocycles. The first kappa shape index (κ1) is 11.5. The maximum atomic E-state index is 6.33. The van der Waals surface area contributed by atoms with Gasteiger partial charge in [0.15, 0.2) is 5.82 Å². The maximum absolute atomic E-state index is 6.33. The minimum Gasteiger partial charge on any atom is -0.381 e. The van der Waals surface area contributed by atoms with Crippen LogP contribution in [0.25, 0.3) is 0 Å². The number of hydrogen-bond donors (Lipinski definition) is 1. The van der Waals surface area contributed by atoms with Crippen molar-refractivity contribution < 1.29 is 9.26 Å². The van der Waals surface area contributed by atoms with Crippen molar-refractivity contribution in [2.45, 2.75) is 44.6 Å². The van der Waals surface area contributed by atoms with Gasteiger partial charge in [0.05, 0.1) is 5.54 Å². The van der Waals surface area contributed by atoms with E-state index in [2.05, 4.69) is 10.1 Å². The van der Waals surface area contributed by atoms with Crippen LogP contribution in [0.1, 0.15) is 50.7 Å². The van der Waals surface area contributed by atoms with Crippen LogP contribution in [0.2, 0.25) is 0 Å². The average Bonchev–Trinajstić information content (AvgIpc) is 2.64. The van der Waals surface area contributed by atoms with Gasteiger partial charge in [-0.25, -0.2) is 0 Å². The van der Waals surface area contributed by atoms with Gasteiger partial charge in [-0.3, -0.25) is 0 Å². The lowest BCUT2D eigenvalue weighted by atomic mass is 9.91. The van der Waals surface area contributed by atoms with Crippen LogP contribution in [0.4, 0.5) is 0 Å². The third-order valence-corrected chi connectivity index (χ3v) is 2.99. The molecule has 1 aliphatic rings. The molecule has 1 unspecified atom stereocenters. The van der Waals surface area contributed by atoms with Gasteiger partial charge in [0.1, 0.15) is 0 Å². The normalized spacial score (nSPS) is 27.0. The Morgan fingerprint density at radius 1 is 1.31 bits per heavy atom. The standard InChI is InChI=1S/C11H19N3O2/c1-8(2)9-13-10(14-16-9)11(12)4-3-6-15-7-5-11/h8H,3-7,12H2,1-2H3. The molecular formula is C11H19N3O2. The van der Waals surface area contributed by atoms with E-state index in [-0.39, 0.29) is 5.92 Å². The molecule has 1 fully saturated rings. The molecule has 2 N–H and O–H groups in total. The zero-order valence-electron chi connectivity index (χ0n) is 9.90. The first-order valence-corrected chi connectivity index (χ1v) is 5.82. The van der Waals surface area contributed by atoms with Crippen molar-refractivity contribution in [2.24, 2.45) is 5.73 Å². The first-order valence-electron chi connectivity index (χ1n) is 5.82. The van der Waals surface area contributed by atoms with Crippen molar-refractivity contribution in [1.29, 1.82) is 0 Å². The summed E-state index contributed by atoms with van der Waals surface area (Å²) in [6, 6.07) is 0. The number of hydrogen-bond acceptors (Lipinski definition) is 5. The number of nitrogens with zero attached hydrogens (tertiary/aromatic N) is 2. The molecule has 0 spiro atoms. The molecule has 5 heteroatoms. The van der Waals surface area contributed by atoms with Gasteiger partial charge in [-0.15, -0.1) is 0 Å². The van der Waals surface area contributed by atoms with E-state index in [0.717, 1.165) is 25.9 Å². The molecule has 1 saturated heterocycles. The number of ether oxygens (including phenoxy) is 1. The van der Waals surface area contributed by atoms with Crippen LogP contribution in [0, 0.1) is 0 Å². The largest absolute Gasteiger partial charge is 0.381 e. The molecule has 5 nitrogen and oxygen atoms in total. The van der Waals surface area contributed by atoms with E-state index >= 15 is 0 Å². The Morgan fingerprint density at radius 3 is 2.81 bits per heavy atom. The Kier molecular flexibility index (Phi) is 3.25. The lowest BCUT2D eigenvalue weighted by Crippen LogP contribution is -2.38. The van der Waals surface area contributed by atoms with Crippen molar-refractivity contribution in [3.8, 4) is 0 Å². The third kappa shape index (κ3) is 2.25. The van der Waals surface area contributed by atoms with Crippen molar-refractivity contribution in [2.75, 3.05) is 13.2 Å². The summed E-state index contributed by atoms with van der Waals surface area (Å²) in [5.74, 6) is 1.53. The third-order valence-electron chi connectivity index (χ3n) is 2.99. The summed E-state index contributed by atoms with van der Waals surface area (Å²) in [5, 5.41) is 4.01. The monoisotopic (exact) mass is 225 g/mol. The highest BCUT2D eigenvalue weighted by Crippen LogP contribution is 2.28. The second-order valence-corrected chi connectivity index (χ2v) is 4.73. The predicted octanol–water partition coefficient (Wildman–Crippen LogP) is 1.55. The van der Waals surface area contributed by atoms with E-state index in [1.54, 1.807) is 0 Å². The summed E-state index contributed by atoms with van der Waals surface area (Å²) in [4.78, 5) is 4.39. The second kappa shape index (κ2) is 4.51. The van der Waals surface area contributed by atoms with Gasteiger partial charge < -0.3 is 15.0 Å². The quantitative estimate of drug-likeness (QED) is 0.826. The molecular weight excluding hydrogens is 206 g/mol. The van der Waals surface area contributed by atoms with E-state index in [9.17, 15) is 0 Å². The minimum atomic E-state index is -0.479. The summed E-state index contributed by atoms with van der Waals surface area (Å²) >= 11 is 0. The maximum Gasteiger partial charge on any atom is 0.229 e. The van der Waals surface area contributed by atoms with Gasteiger partial charge in [-0.2, -0.15) is 4.98 Å². The molecule has 0 bridgehead atoms. The summed E-state index contributed by atoms with van der Waals surface area (Å²) in [6.07, 6.45) is 2.55. The molecule has 90 valence electrons. The van der Waals surface area contributed by atoms with Crippen LogP contribution in [-0.2, 0) is 10.3 Å². The molecule has 2 rings (SSSR count). The van der Waals surface area contributed by atoms with Crippen LogP contribution < -0.4 is 5.73 Å². The number of aromatic nitrogens is 2. The highest BCUT2D eigenvalue weighted by molar-refractivity contribution is 5.05. The molecule has 1 aromatic heterocycles. The van der Waals surface area contributed by atoms with E-state index in [1.165, 1.54) is 0 Å². The van der Waals surface area contributed by atoms with Gasteiger partial charge in [0, 0.05) is 19.1 Å². The molecule has 16 heavy (non-hydrogen) atoms. The zero-order chi connectivity index (χ0) is 11.6. The lowest BCUT2D eigenvalue weighted by Gasteiger charge is -2.22. The Morgan fingerprint density at radius 2 is 2.12 bits per heavy atom. The Balaban J connectivity index is 2.19. The summed E-state index contributed by atoms with van der Waals surface area (Å²) in [6.45, 7) is 5.49. The van der Waals surface area contributed by atoms with Crippen LogP contribution in [0.5, 0.6) is 0 Å². The van der Waals surface area contributed by atoms with Crippen molar-refractivity contribution in [3.63, 3.8) is 0 Å². The van der Waals surface area contributed by atoms with Crippen LogP contribution in [0.15, 0.2) is 4.52 Å². The summed E-state index contributed by atoms with van der Waals surface area (Å²) in [5.41, 5.74) is 5.85. The topological polar surface area (TPSA) is 74.2 Å². The lowest BCUT2D eigenvalue weighted by molar-refractivity contribution is 0.139. The van der Waals surface area contributed by atoms with E-state index in [1.807, 2.05) is 13.8 Å². The molecule has 0 saturated carbocycles. The van der Waals surface area contributed by atoms with Crippen LogP contribution in [0.3, 0.4) is 0 Å². The molecule has 0 aromatic carbocycles. The Hall–Kier alpha value is -0.940. The minimum absolute atomic E-state index is 0.242. The van der Waals surface area contributed by atoms with E-state index in [0.29, 0.717) is 18.3 Å². The van der Waals surface area contributed by atoms with Gasteiger partial charge in [-0.05, 0) is 19.3 Å². The van der Waals surface area contributed by atoms with Gasteiger partial charge >= 0.3 is 0 Å². The van der Waals surface area contributed by atoms with Crippen molar-refractivity contribution in [3.05, 3.63) is 11.7 Å². The zero-order valence-corrected chi connectivity index (χ0v) is 9.90. The Bertz CT molecular complexity index is 341. The highest BCUT2D eigenvalue weighted by Gasteiger charge is 2.33. The molecule has 0 radical (unpaired) electrons.